The molecule has 0 spiro atoms. The fourth-order valence-corrected chi connectivity index (χ4v) is 1.32. The van der Waals surface area contributed by atoms with Gasteiger partial charge in [-0.1, -0.05) is 6.07 Å². The van der Waals surface area contributed by atoms with Crippen molar-refractivity contribution in [1.82, 2.24) is 0 Å². The quantitative estimate of drug-likeness (QED) is 0.523. The average Bonchev–Trinajstić information content (AvgIpc) is 2.20. The maximum Gasteiger partial charge on any atom is 0.323 e. The van der Waals surface area contributed by atoms with Crippen LogP contribution in [0, 0.1) is 10.1 Å². The SMILES string of the molecule is CC(N)(Cc1ccc(O)c([N+](=O)[O-])c1)C(=O)O. The van der Waals surface area contributed by atoms with Crippen LogP contribution in [-0.4, -0.2) is 26.6 Å². The van der Waals surface area contributed by atoms with E-state index in [4.69, 9.17) is 10.8 Å². The predicted molar refractivity (Wildman–Crippen MR) is 58.7 cm³/mol. The van der Waals surface area contributed by atoms with Crippen LogP contribution >= 0.6 is 0 Å². The van der Waals surface area contributed by atoms with Gasteiger partial charge in [-0.25, -0.2) is 0 Å². The van der Waals surface area contributed by atoms with Crippen molar-refractivity contribution in [2.24, 2.45) is 5.73 Å². The highest BCUT2D eigenvalue weighted by atomic mass is 16.6. The van der Waals surface area contributed by atoms with Gasteiger partial charge in [0, 0.05) is 12.5 Å². The number of phenols is 1. The smallest absolute Gasteiger partial charge is 0.323 e. The number of carboxylic acid groups (broad SMARTS) is 1. The largest absolute Gasteiger partial charge is 0.502 e. The van der Waals surface area contributed by atoms with Gasteiger partial charge in [0.15, 0.2) is 5.75 Å². The molecule has 1 rings (SSSR count). The molecule has 1 aromatic rings. The lowest BCUT2D eigenvalue weighted by atomic mass is 9.94. The third-order valence-electron chi connectivity index (χ3n) is 2.30. The maximum absolute atomic E-state index is 10.8. The van der Waals surface area contributed by atoms with Crippen molar-refractivity contribution in [1.29, 1.82) is 0 Å². The van der Waals surface area contributed by atoms with Crippen LogP contribution in [0.3, 0.4) is 0 Å². The van der Waals surface area contributed by atoms with Gasteiger partial charge in [0.2, 0.25) is 0 Å². The molecule has 0 bridgehead atoms. The number of rotatable bonds is 4. The van der Waals surface area contributed by atoms with Crippen LogP contribution in [0.15, 0.2) is 18.2 Å². The van der Waals surface area contributed by atoms with Crippen LogP contribution in [-0.2, 0) is 11.2 Å². The number of nitrogens with zero attached hydrogens (tertiary/aromatic N) is 1. The van der Waals surface area contributed by atoms with E-state index < -0.39 is 27.9 Å². The number of hydrogen-bond donors (Lipinski definition) is 3. The molecule has 0 saturated heterocycles. The second-order valence-corrected chi connectivity index (χ2v) is 3.98. The molecule has 4 N–H and O–H groups in total. The monoisotopic (exact) mass is 240 g/mol. The van der Waals surface area contributed by atoms with Gasteiger partial charge in [-0.15, -0.1) is 0 Å². The minimum atomic E-state index is -1.51. The Bertz CT molecular complexity index is 470. The Morgan fingerprint density at radius 3 is 2.65 bits per heavy atom. The van der Waals surface area contributed by atoms with Gasteiger partial charge >= 0.3 is 11.7 Å². The molecule has 0 fully saturated rings. The topological polar surface area (TPSA) is 127 Å². The van der Waals surface area contributed by atoms with Gasteiger partial charge in [0.1, 0.15) is 5.54 Å². The van der Waals surface area contributed by atoms with Crippen LogP contribution in [0.25, 0.3) is 0 Å². The number of carboxylic acids is 1. The molecule has 7 heteroatoms. The van der Waals surface area contributed by atoms with E-state index in [1.165, 1.54) is 13.0 Å². The van der Waals surface area contributed by atoms with E-state index in [0.717, 1.165) is 12.1 Å². The minimum absolute atomic E-state index is 0.0660. The van der Waals surface area contributed by atoms with Crippen molar-refractivity contribution in [3.63, 3.8) is 0 Å². The molecular formula is C10H12N2O5. The van der Waals surface area contributed by atoms with Crippen LogP contribution in [0.4, 0.5) is 5.69 Å². The summed E-state index contributed by atoms with van der Waals surface area (Å²) in [5.41, 5.74) is 3.92. The zero-order valence-electron chi connectivity index (χ0n) is 9.08. The number of nitro groups is 1. The van der Waals surface area contributed by atoms with E-state index in [1.54, 1.807) is 0 Å². The first-order valence-corrected chi connectivity index (χ1v) is 4.72. The van der Waals surface area contributed by atoms with E-state index in [-0.39, 0.29) is 6.42 Å². The molecule has 0 amide bonds. The van der Waals surface area contributed by atoms with Gasteiger partial charge in [0.25, 0.3) is 0 Å². The number of aliphatic carboxylic acids is 1. The highest BCUT2D eigenvalue weighted by Crippen LogP contribution is 2.27. The summed E-state index contributed by atoms with van der Waals surface area (Å²) in [7, 11) is 0. The molecular weight excluding hydrogens is 228 g/mol. The molecule has 0 aromatic heterocycles. The summed E-state index contributed by atoms with van der Waals surface area (Å²) >= 11 is 0. The van der Waals surface area contributed by atoms with Crippen LogP contribution in [0.1, 0.15) is 12.5 Å². The Labute approximate surface area is 96.6 Å². The second kappa shape index (κ2) is 4.38. The highest BCUT2D eigenvalue weighted by Gasteiger charge is 2.29. The van der Waals surface area contributed by atoms with Gasteiger partial charge in [-0.2, -0.15) is 0 Å². The van der Waals surface area contributed by atoms with E-state index in [2.05, 4.69) is 0 Å². The van der Waals surface area contributed by atoms with Crippen molar-refractivity contribution >= 4 is 11.7 Å². The summed E-state index contributed by atoms with van der Waals surface area (Å²) in [5, 5.41) is 28.6. The molecule has 92 valence electrons. The summed E-state index contributed by atoms with van der Waals surface area (Å²) in [6.45, 7) is 1.31. The Balaban J connectivity index is 3.05. The molecule has 17 heavy (non-hydrogen) atoms. The molecule has 1 aromatic carbocycles. The summed E-state index contributed by atoms with van der Waals surface area (Å²) in [4.78, 5) is 20.6. The molecule has 0 aliphatic carbocycles. The minimum Gasteiger partial charge on any atom is -0.502 e. The molecule has 0 aliphatic heterocycles. The van der Waals surface area contributed by atoms with Gasteiger partial charge in [-0.05, 0) is 18.6 Å². The molecule has 0 heterocycles. The van der Waals surface area contributed by atoms with Gasteiger partial charge < -0.3 is 15.9 Å². The van der Waals surface area contributed by atoms with Crippen molar-refractivity contribution < 1.29 is 19.9 Å². The summed E-state index contributed by atoms with van der Waals surface area (Å²) in [5.74, 6) is -1.67. The third-order valence-corrected chi connectivity index (χ3v) is 2.30. The number of aromatic hydroxyl groups is 1. The first-order valence-electron chi connectivity index (χ1n) is 4.72. The summed E-state index contributed by atoms with van der Waals surface area (Å²) in [6, 6.07) is 3.66. The number of benzene rings is 1. The van der Waals surface area contributed by atoms with Crippen molar-refractivity contribution in [2.75, 3.05) is 0 Å². The van der Waals surface area contributed by atoms with E-state index in [1.807, 2.05) is 0 Å². The van der Waals surface area contributed by atoms with Crippen molar-refractivity contribution in [3.05, 3.63) is 33.9 Å². The summed E-state index contributed by atoms with van der Waals surface area (Å²) < 4.78 is 0. The Morgan fingerprint density at radius 2 is 2.18 bits per heavy atom. The van der Waals surface area contributed by atoms with Gasteiger partial charge in [0.05, 0.1) is 4.92 Å². The second-order valence-electron chi connectivity index (χ2n) is 3.98. The number of carbonyl (C=O) groups is 1. The lowest BCUT2D eigenvalue weighted by Gasteiger charge is -2.18. The molecule has 7 nitrogen and oxygen atoms in total. The fourth-order valence-electron chi connectivity index (χ4n) is 1.32. The van der Waals surface area contributed by atoms with Crippen molar-refractivity contribution in [2.45, 2.75) is 18.9 Å². The van der Waals surface area contributed by atoms with Gasteiger partial charge in [-0.3, -0.25) is 14.9 Å². The highest BCUT2D eigenvalue weighted by molar-refractivity contribution is 5.78. The molecule has 0 aliphatic rings. The zero-order chi connectivity index (χ0) is 13.2. The Kier molecular flexibility index (Phi) is 3.33. The summed E-state index contributed by atoms with van der Waals surface area (Å²) in [6.07, 6.45) is -0.0660. The van der Waals surface area contributed by atoms with E-state index in [9.17, 15) is 20.0 Å². The Morgan fingerprint density at radius 1 is 1.59 bits per heavy atom. The molecule has 0 radical (unpaired) electrons. The average molecular weight is 240 g/mol. The van der Waals surface area contributed by atoms with Crippen molar-refractivity contribution in [3.8, 4) is 5.75 Å². The number of phenolic OH excluding ortho intramolecular Hbond substituents is 1. The number of hydrogen-bond acceptors (Lipinski definition) is 5. The normalized spacial score (nSPS) is 14.0. The maximum atomic E-state index is 10.8. The standard InChI is InChI=1S/C10H12N2O5/c1-10(11,9(14)15)5-6-2-3-8(13)7(4-6)12(16)17/h2-4,13H,5,11H2,1H3,(H,14,15). The first kappa shape index (κ1) is 12.9. The number of nitrogens with two attached hydrogens (primary N) is 1. The Hall–Kier alpha value is -2.15. The van der Waals surface area contributed by atoms with E-state index >= 15 is 0 Å². The predicted octanol–water partition coefficient (Wildman–Crippen LogP) is 0.645. The molecule has 0 saturated carbocycles. The van der Waals surface area contributed by atoms with Crippen LogP contribution < -0.4 is 5.73 Å². The first-order chi connectivity index (χ1) is 7.74. The molecule has 1 atom stereocenters. The van der Waals surface area contributed by atoms with Crippen LogP contribution in [0.5, 0.6) is 5.75 Å². The third kappa shape index (κ3) is 2.91. The lowest BCUT2D eigenvalue weighted by Crippen LogP contribution is -2.46. The lowest BCUT2D eigenvalue weighted by molar-refractivity contribution is -0.385. The zero-order valence-corrected chi connectivity index (χ0v) is 9.08. The fraction of sp³-hybridized carbons (Fsp3) is 0.300. The van der Waals surface area contributed by atoms with Crippen LogP contribution in [0.2, 0.25) is 0 Å². The molecule has 1 unspecified atom stereocenters. The number of nitro benzene ring substituents is 1. The van der Waals surface area contributed by atoms with E-state index in [0.29, 0.717) is 5.56 Å².